The first kappa shape index (κ1) is 10.5. The van der Waals surface area contributed by atoms with Crippen LogP contribution in [0.5, 0.6) is 0 Å². The minimum atomic E-state index is 0.752. The van der Waals surface area contributed by atoms with Gasteiger partial charge in [0.15, 0.2) is 0 Å². The van der Waals surface area contributed by atoms with E-state index in [-0.39, 0.29) is 0 Å². The van der Waals surface area contributed by atoms with E-state index in [1.807, 2.05) is 38.1 Å². The fraction of sp³-hybridized carbons (Fsp3) is 0.143. The molecule has 1 aromatic heterocycles. The number of nitrogens with zero attached hydrogens (tertiary/aromatic N) is 2. The summed E-state index contributed by atoms with van der Waals surface area (Å²) in [4.78, 5) is 8.90. The number of fused-ring (bicyclic) bond motifs is 3. The lowest BCUT2D eigenvalue weighted by Gasteiger charge is -2.07. The second kappa shape index (κ2) is 3.67. The Kier molecular flexibility index (Phi) is 2.26. The topological polar surface area (TPSA) is 25.8 Å². The molecule has 3 aromatic rings. The molecule has 17 heavy (non-hydrogen) atoms. The predicted octanol–water partition coefficient (Wildman–Crippen LogP) is 4.05. The van der Waals surface area contributed by atoms with Crippen molar-refractivity contribution in [1.82, 2.24) is 9.97 Å². The van der Waals surface area contributed by atoms with E-state index in [4.69, 9.17) is 11.6 Å². The molecule has 0 unspecified atom stereocenters. The van der Waals surface area contributed by atoms with E-state index in [1.165, 1.54) is 0 Å². The standard InChI is InChI=1S/C14H11ClN2/c1-8-14-12-5-4-11(15)7-10(12)3-6-13(14)17-9(2)16-8/h3-7H,1-2H3. The lowest BCUT2D eigenvalue weighted by atomic mass is 10.0. The molecule has 0 aliphatic rings. The van der Waals surface area contributed by atoms with Crippen molar-refractivity contribution in [3.8, 4) is 0 Å². The maximum absolute atomic E-state index is 6.00. The van der Waals surface area contributed by atoms with Crippen molar-refractivity contribution >= 4 is 33.3 Å². The number of hydrogen-bond donors (Lipinski definition) is 0. The Hall–Kier alpha value is -1.67. The molecule has 3 rings (SSSR count). The first-order valence-electron chi connectivity index (χ1n) is 5.48. The van der Waals surface area contributed by atoms with E-state index >= 15 is 0 Å². The number of aromatic nitrogens is 2. The summed E-state index contributed by atoms with van der Waals surface area (Å²) in [6.45, 7) is 3.93. The fourth-order valence-corrected chi connectivity index (χ4v) is 2.44. The van der Waals surface area contributed by atoms with Crippen molar-refractivity contribution in [3.05, 3.63) is 46.9 Å². The molecular weight excluding hydrogens is 232 g/mol. The van der Waals surface area contributed by atoms with Gasteiger partial charge in [0.25, 0.3) is 0 Å². The van der Waals surface area contributed by atoms with E-state index in [2.05, 4.69) is 16.0 Å². The maximum atomic E-state index is 6.00. The second-order valence-corrected chi connectivity index (χ2v) is 4.62. The number of halogens is 1. The molecular formula is C14H11ClN2. The van der Waals surface area contributed by atoms with Gasteiger partial charge in [0.2, 0.25) is 0 Å². The first-order valence-corrected chi connectivity index (χ1v) is 5.86. The highest BCUT2D eigenvalue weighted by Crippen LogP contribution is 2.28. The zero-order chi connectivity index (χ0) is 12.0. The van der Waals surface area contributed by atoms with Crippen molar-refractivity contribution in [3.63, 3.8) is 0 Å². The van der Waals surface area contributed by atoms with Crippen LogP contribution in [-0.4, -0.2) is 9.97 Å². The van der Waals surface area contributed by atoms with Gasteiger partial charge < -0.3 is 0 Å². The van der Waals surface area contributed by atoms with E-state index < -0.39 is 0 Å². The first-order chi connectivity index (χ1) is 8.15. The average molecular weight is 243 g/mol. The van der Waals surface area contributed by atoms with Gasteiger partial charge in [-0.1, -0.05) is 23.7 Å². The van der Waals surface area contributed by atoms with Crippen LogP contribution in [0, 0.1) is 13.8 Å². The largest absolute Gasteiger partial charge is 0.238 e. The van der Waals surface area contributed by atoms with Crippen LogP contribution in [0.2, 0.25) is 5.02 Å². The van der Waals surface area contributed by atoms with Gasteiger partial charge in [0, 0.05) is 16.1 Å². The smallest absolute Gasteiger partial charge is 0.126 e. The Bertz CT molecular complexity index is 735. The Labute approximate surface area is 104 Å². The van der Waals surface area contributed by atoms with Crippen LogP contribution >= 0.6 is 11.6 Å². The van der Waals surface area contributed by atoms with Gasteiger partial charge in [-0.05, 0) is 42.8 Å². The highest BCUT2D eigenvalue weighted by atomic mass is 35.5. The van der Waals surface area contributed by atoms with Gasteiger partial charge in [0.1, 0.15) is 5.82 Å². The van der Waals surface area contributed by atoms with Gasteiger partial charge in [-0.2, -0.15) is 0 Å². The molecule has 0 radical (unpaired) electrons. The summed E-state index contributed by atoms with van der Waals surface area (Å²) in [5.74, 6) is 0.809. The molecule has 0 aliphatic carbocycles. The van der Waals surface area contributed by atoms with Gasteiger partial charge in [-0.15, -0.1) is 0 Å². The monoisotopic (exact) mass is 242 g/mol. The number of hydrogen-bond acceptors (Lipinski definition) is 2. The van der Waals surface area contributed by atoms with Gasteiger partial charge >= 0.3 is 0 Å². The van der Waals surface area contributed by atoms with Crippen molar-refractivity contribution < 1.29 is 0 Å². The minimum Gasteiger partial charge on any atom is -0.238 e. The molecule has 0 spiro atoms. The summed E-state index contributed by atoms with van der Waals surface area (Å²) in [7, 11) is 0. The molecule has 0 saturated carbocycles. The molecule has 0 N–H and O–H groups in total. The lowest BCUT2D eigenvalue weighted by molar-refractivity contribution is 1.05. The van der Waals surface area contributed by atoms with E-state index in [0.29, 0.717) is 0 Å². The van der Waals surface area contributed by atoms with Gasteiger partial charge in [-0.25, -0.2) is 9.97 Å². The molecule has 2 nitrogen and oxygen atoms in total. The molecule has 0 amide bonds. The zero-order valence-electron chi connectivity index (χ0n) is 9.66. The van der Waals surface area contributed by atoms with Crippen LogP contribution in [-0.2, 0) is 0 Å². The Morgan fingerprint density at radius 1 is 1.00 bits per heavy atom. The third kappa shape index (κ3) is 1.65. The van der Waals surface area contributed by atoms with E-state index in [1.54, 1.807) is 0 Å². The van der Waals surface area contributed by atoms with Crippen molar-refractivity contribution in [2.45, 2.75) is 13.8 Å². The van der Waals surface area contributed by atoms with E-state index in [9.17, 15) is 0 Å². The Morgan fingerprint density at radius 3 is 2.65 bits per heavy atom. The predicted molar refractivity (Wildman–Crippen MR) is 71.5 cm³/mol. The number of aryl methyl sites for hydroxylation is 2. The van der Waals surface area contributed by atoms with Crippen molar-refractivity contribution in [1.29, 1.82) is 0 Å². The summed E-state index contributed by atoms with van der Waals surface area (Å²) in [6.07, 6.45) is 0. The Balaban J connectivity index is 2.55. The van der Waals surface area contributed by atoms with Crippen LogP contribution < -0.4 is 0 Å². The average Bonchev–Trinajstić information content (AvgIpc) is 2.28. The van der Waals surface area contributed by atoms with Gasteiger partial charge in [-0.3, -0.25) is 0 Å². The maximum Gasteiger partial charge on any atom is 0.126 e. The summed E-state index contributed by atoms with van der Waals surface area (Å²) in [5, 5.41) is 4.15. The third-order valence-corrected chi connectivity index (χ3v) is 3.17. The molecule has 0 saturated heterocycles. The van der Waals surface area contributed by atoms with Crippen LogP contribution in [0.4, 0.5) is 0 Å². The van der Waals surface area contributed by atoms with Crippen molar-refractivity contribution in [2.24, 2.45) is 0 Å². The molecule has 1 heterocycles. The summed E-state index contributed by atoms with van der Waals surface area (Å²) >= 11 is 6.00. The molecule has 0 atom stereocenters. The molecule has 0 bridgehead atoms. The number of rotatable bonds is 0. The zero-order valence-corrected chi connectivity index (χ0v) is 10.4. The summed E-state index contributed by atoms with van der Waals surface area (Å²) in [6, 6.07) is 9.98. The SMILES string of the molecule is Cc1nc(C)c2c(ccc3cc(Cl)ccc32)n1. The highest BCUT2D eigenvalue weighted by Gasteiger charge is 2.06. The van der Waals surface area contributed by atoms with E-state index in [0.717, 1.165) is 38.2 Å². The van der Waals surface area contributed by atoms with Crippen LogP contribution in [0.25, 0.3) is 21.7 Å². The third-order valence-electron chi connectivity index (χ3n) is 2.93. The molecule has 84 valence electrons. The second-order valence-electron chi connectivity index (χ2n) is 4.18. The molecule has 0 aliphatic heterocycles. The highest BCUT2D eigenvalue weighted by molar-refractivity contribution is 6.31. The van der Waals surface area contributed by atoms with Crippen molar-refractivity contribution in [2.75, 3.05) is 0 Å². The minimum absolute atomic E-state index is 0.752. The Morgan fingerprint density at radius 2 is 1.82 bits per heavy atom. The normalized spacial score (nSPS) is 11.2. The molecule has 0 fully saturated rings. The summed E-state index contributed by atoms with van der Waals surface area (Å²) in [5.41, 5.74) is 2.00. The van der Waals surface area contributed by atoms with Gasteiger partial charge in [0.05, 0.1) is 5.52 Å². The van der Waals surface area contributed by atoms with Crippen LogP contribution in [0.1, 0.15) is 11.5 Å². The number of benzene rings is 2. The van der Waals surface area contributed by atoms with Crippen LogP contribution in [0.15, 0.2) is 30.3 Å². The molecule has 3 heteroatoms. The lowest BCUT2D eigenvalue weighted by Crippen LogP contribution is -1.93. The summed E-state index contributed by atoms with van der Waals surface area (Å²) < 4.78 is 0. The van der Waals surface area contributed by atoms with Crippen LogP contribution in [0.3, 0.4) is 0 Å². The quantitative estimate of drug-likeness (QED) is 0.556. The fourth-order valence-electron chi connectivity index (χ4n) is 2.26. The molecule has 2 aromatic carbocycles.